The SMILES string of the molecule is Cc1nc(C)c(C#N)c(SCc2cn3ccccc3n2)n1. The standard InChI is InChI=1S/C15H13N5S/c1-10-13(7-16)15(18-11(2)17-10)21-9-12-8-20-6-4-3-5-14(20)19-12/h3-6,8H,9H2,1-2H3. The second kappa shape index (κ2) is 5.54. The minimum absolute atomic E-state index is 0.550. The van der Waals surface area contributed by atoms with Crippen molar-refractivity contribution >= 4 is 17.4 Å². The van der Waals surface area contributed by atoms with Gasteiger partial charge in [0.2, 0.25) is 0 Å². The number of rotatable bonds is 3. The molecule has 0 aliphatic heterocycles. The fourth-order valence-corrected chi connectivity index (χ4v) is 3.07. The van der Waals surface area contributed by atoms with Crippen molar-refractivity contribution in [3.63, 3.8) is 0 Å². The molecule has 3 rings (SSSR count). The van der Waals surface area contributed by atoms with Crippen molar-refractivity contribution in [2.75, 3.05) is 0 Å². The Hall–Kier alpha value is -2.39. The third-order valence-corrected chi connectivity index (χ3v) is 4.06. The summed E-state index contributed by atoms with van der Waals surface area (Å²) in [5, 5.41) is 9.96. The molecule has 0 fully saturated rings. The average molecular weight is 295 g/mol. The van der Waals surface area contributed by atoms with E-state index < -0.39 is 0 Å². The van der Waals surface area contributed by atoms with Crippen molar-refractivity contribution in [3.8, 4) is 6.07 Å². The Kier molecular flexibility index (Phi) is 3.59. The van der Waals surface area contributed by atoms with Gasteiger partial charge < -0.3 is 4.40 Å². The first kappa shape index (κ1) is 13.6. The first-order valence-corrected chi connectivity index (χ1v) is 7.46. The van der Waals surface area contributed by atoms with Gasteiger partial charge in [0.05, 0.1) is 11.4 Å². The Morgan fingerprint density at radius 3 is 2.86 bits per heavy atom. The highest BCUT2D eigenvalue weighted by Crippen LogP contribution is 2.25. The molecule has 0 atom stereocenters. The molecule has 3 aromatic heterocycles. The van der Waals surface area contributed by atoms with Crippen LogP contribution in [0.15, 0.2) is 35.6 Å². The van der Waals surface area contributed by atoms with E-state index in [1.165, 1.54) is 11.8 Å². The van der Waals surface area contributed by atoms with E-state index in [1.807, 2.05) is 48.8 Å². The maximum atomic E-state index is 9.24. The van der Waals surface area contributed by atoms with Crippen LogP contribution in [-0.2, 0) is 5.75 Å². The summed E-state index contributed by atoms with van der Waals surface area (Å²) in [6.45, 7) is 3.67. The fraction of sp³-hybridized carbons (Fsp3) is 0.200. The maximum Gasteiger partial charge on any atom is 0.137 e. The van der Waals surface area contributed by atoms with E-state index >= 15 is 0 Å². The zero-order valence-corrected chi connectivity index (χ0v) is 12.6. The van der Waals surface area contributed by atoms with Gasteiger partial charge in [-0.2, -0.15) is 5.26 Å². The van der Waals surface area contributed by atoms with E-state index in [9.17, 15) is 5.26 Å². The molecule has 6 heteroatoms. The molecule has 3 heterocycles. The van der Waals surface area contributed by atoms with Gasteiger partial charge >= 0.3 is 0 Å². The monoisotopic (exact) mass is 295 g/mol. The minimum atomic E-state index is 0.550. The predicted octanol–water partition coefficient (Wildman–Crippen LogP) is 2.91. The second-order valence-corrected chi connectivity index (χ2v) is 5.60. The third kappa shape index (κ3) is 2.73. The largest absolute Gasteiger partial charge is 0.307 e. The van der Waals surface area contributed by atoms with E-state index in [1.54, 1.807) is 0 Å². The van der Waals surface area contributed by atoms with Gasteiger partial charge in [-0.1, -0.05) is 17.8 Å². The van der Waals surface area contributed by atoms with Gasteiger partial charge in [-0.05, 0) is 26.0 Å². The van der Waals surface area contributed by atoms with Crippen molar-refractivity contribution in [2.24, 2.45) is 0 Å². The summed E-state index contributed by atoms with van der Waals surface area (Å²) in [6, 6.07) is 8.08. The van der Waals surface area contributed by atoms with E-state index in [0.29, 0.717) is 17.1 Å². The maximum absolute atomic E-state index is 9.24. The molecule has 21 heavy (non-hydrogen) atoms. The lowest BCUT2D eigenvalue weighted by atomic mass is 10.3. The van der Waals surface area contributed by atoms with Gasteiger partial charge in [-0.15, -0.1) is 0 Å². The molecule has 0 aliphatic carbocycles. The number of pyridine rings is 1. The summed E-state index contributed by atoms with van der Waals surface area (Å²) >= 11 is 1.52. The van der Waals surface area contributed by atoms with Crippen LogP contribution in [0.25, 0.3) is 5.65 Å². The average Bonchev–Trinajstić information content (AvgIpc) is 2.87. The Morgan fingerprint density at radius 2 is 2.10 bits per heavy atom. The number of nitrogens with zero attached hydrogens (tertiary/aromatic N) is 5. The lowest BCUT2D eigenvalue weighted by molar-refractivity contribution is 0.922. The van der Waals surface area contributed by atoms with Crippen LogP contribution in [0.3, 0.4) is 0 Å². The molecule has 5 nitrogen and oxygen atoms in total. The van der Waals surface area contributed by atoms with Crippen LogP contribution in [0.1, 0.15) is 22.8 Å². The molecule has 0 bridgehead atoms. The highest BCUT2D eigenvalue weighted by atomic mass is 32.2. The van der Waals surface area contributed by atoms with Crippen LogP contribution in [-0.4, -0.2) is 19.4 Å². The number of fused-ring (bicyclic) bond motifs is 1. The van der Waals surface area contributed by atoms with Crippen molar-refractivity contribution in [3.05, 3.63) is 53.4 Å². The van der Waals surface area contributed by atoms with Gasteiger partial charge in [0.15, 0.2) is 0 Å². The summed E-state index contributed by atoms with van der Waals surface area (Å²) in [6.07, 6.45) is 3.96. The Balaban J connectivity index is 1.86. The summed E-state index contributed by atoms with van der Waals surface area (Å²) in [7, 11) is 0. The summed E-state index contributed by atoms with van der Waals surface area (Å²) in [4.78, 5) is 13.1. The van der Waals surface area contributed by atoms with E-state index in [0.717, 1.165) is 22.1 Å². The minimum Gasteiger partial charge on any atom is -0.307 e. The molecule has 0 aromatic carbocycles. The predicted molar refractivity (Wildman–Crippen MR) is 81.0 cm³/mol. The number of hydrogen-bond donors (Lipinski definition) is 0. The quantitative estimate of drug-likeness (QED) is 0.549. The first-order valence-electron chi connectivity index (χ1n) is 6.48. The molecule has 3 aromatic rings. The summed E-state index contributed by atoms with van der Waals surface area (Å²) < 4.78 is 1.98. The van der Waals surface area contributed by atoms with Gasteiger partial charge in [0.25, 0.3) is 0 Å². The molecule has 0 saturated heterocycles. The molecule has 0 aliphatic rings. The van der Waals surface area contributed by atoms with E-state index in [-0.39, 0.29) is 0 Å². The van der Waals surface area contributed by atoms with Crippen LogP contribution in [0.4, 0.5) is 0 Å². The van der Waals surface area contributed by atoms with Gasteiger partial charge in [-0.3, -0.25) is 0 Å². The Morgan fingerprint density at radius 1 is 1.24 bits per heavy atom. The van der Waals surface area contributed by atoms with Crippen molar-refractivity contribution in [1.29, 1.82) is 5.26 Å². The first-order chi connectivity index (χ1) is 10.2. The number of imidazole rings is 1. The molecule has 0 amide bonds. The van der Waals surface area contributed by atoms with E-state index in [2.05, 4.69) is 21.0 Å². The lowest BCUT2D eigenvalue weighted by Gasteiger charge is -2.05. The van der Waals surface area contributed by atoms with Crippen LogP contribution in [0, 0.1) is 25.2 Å². The number of aromatic nitrogens is 4. The van der Waals surface area contributed by atoms with E-state index in [4.69, 9.17) is 0 Å². The molecule has 104 valence electrons. The van der Waals surface area contributed by atoms with Crippen molar-refractivity contribution in [1.82, 2.24) is 19.4 Å². The van der Waals surface area contributed by atoms with Crippen LogP contribution in [0.5, 0.6) is 0 Å². The topological polar surface area (TPSA) is 66.9 Å². The second-order valence-electron chi connectivity index (χ2n) is 4.64. The number of thioether (sulfide) groups is 1. The molecule has 0 unspecified atom stereocenters. The third-order valence-electron chi connectivity index (χ3n) is 3.05. The number of aryl methyl sites for hydroxylation is 2. The van der Waals surface area contributed by atoms with Gasteiger partial charge in [-0.25, -0.2) is 15.0 Å². The molecule has 0 radical (unpaired) electrons. The Labute approximate surface area is 126 Å². The van der Waals surface area contributed by atoms with Crippen molar-refractivity contribution < 1.29 is 0 Å². The van der Waals surface area contributed by atoms with Crippen LogP contribution >= 0.6 is 11.8 Å². The molecular formula is C15H13N5S. The molecule has 0 saturated carbocycles. The highest BCUT2D eigenvalue weighted by Gasteiger charge is 2.11. The van der Waals surface area contributed by atoms with Gasteiger partial charge in [0, 0.05) is 18.1 Å². The number of hydrogen-bond acceptors (Lipinski definition) is 5. The molecule has 0 spiro atoms. The van der Waals surface area contributed by atoms with Gasteiger partial charge in [0.1, 0.15) is 28.1 Å². The summed E-state index contributed by atoms with van der Waals surface area (Å²) in [5.74, 6) is 1.36. The van der Waals surface area contributed by atoms with Crippen LogP contribution < -0.4 is 0 Å². The molecular weight excluding hydrogens is 282 g/mol. The van der Waals surface area contributed by atoms with Crippen LogP contribution in [0.2, 0.25) is 0 Å². The zero-order valence-electron chi connectivity index (χ0n) is 11.7. The number of nitriles is 1. The molecule has 0 N–H and O–H groups in total. The summed E-state index contributed by atoms with van der Waals surface area (Å²) in [5.41, 5.74) is 3.16. The highest BCUT2D eigenvalue weighted by molar-refractivity contribution is 7.98. The lowest BCUT2D eigenvalue weighted by Crippen LogP contribution is -1.99. The zero-order chi connectivity index (χ0) is 14.8. The fourth-order valence-electron chi connectivity index (χ4n) is 2.11. The van der Waals surface area contributed by atoms with Crippen molar-refractivity contribution in [2.45, 2.75) is 24.6 Å². The Bertz CT molecular complexity index is 814. The normalized spacial score (nSPS) is 10.7. The smallest absolute Gasteiger partial charge is 0.137 e.